The SMILES string of the molecule is CCn1cc([C@H]2OCC[C@@H]2C(=O)NCc2ccc[nH]2)cn1. The van der Waals surface area contributed by atoms with Gasteiger partial charge in [0.1, 0.15) is 0 Å². The van der Waals surface area contributed by atoms with E-state index in [9.17, 15) is 4.79 Å². The maximum Gasteiger partial charge on any atom is 0.226 e. The third-order valence-corrected chi connectivity index (χ3v) is 3.85. The summed E-state index contributed by atoms with van der Waals surface area (Å²) in [4.78, 5) is 15.4. The predicted molar refractivity (Wildman–Crippen MR) is 77.3 cm³/mol. The molecule has 0 aliphatic carbocycles. The Kier molecular flexibility index (Phi) is 4.06. The molecule has 6 heteroatoms. The van der Waals surface area contributed by atoms with Crippen molar-refractivity contribution in [1.29, 1.82) is 0 Å². The van der Waals surface area contributed by atoms with Crippen molar-refractivity contribution in [1.82, 2.24) is 20.1 Å². The molecule has 2 atom stereocenters. The number of carbonyl (C=O) groups excluding carboxylic acids is 1. The first kappa shape index (κ1) is 13.9. The topological polar surface area (TPSA) is 71.9 Å². The van der Waals surface area contributed by atoms with Gasteiger partial charge < -0.3 is 15.0 Å². The molecule has 1 fully saturated rings. The van der Waals surface area contributed by atoms with Gasteiger partial charge in [-0.3, -0.25) is 9.48 Å². The van der Waals surface area contributed by atoms with Crippen LogP contribution in [-0.4, -0.2) is 27.3 Å². The molecule has 2 aromatic rings. The molecule has 2 aromatic heterocycles. The van der Waals surface area contributed by atoms with Crippen LogP contribution in [0.25, 0.3) is 0 Å². The number of nitrogens with one attached hydrogen (secondary N) is 2. The van der Waals surface area contributed by atoms with E-state index in [-0.39, 0.29) is 17.9 Å². The number of hydrogen-bond acceptors (Lipinski definition) is 3. The highest BCUT2D eigenvalue weighted by molar-refractivity contribution is 5.79. The number of carbonyl (C=O) groups is 1. The van der Waals surface area contributed by atoms with Crippen molar-refractivity contribution in [3.63, 3.8) is 0 Å². The average Bonchev–Trinajstić information content (AvgIpc) is 3.23. The van der Waals surface area contributed by atoms with Gasteiger partial charge in [0, 0.05) is 36.8 Å². The number of ether oxygens (including phenoxy) is 1. The minimum Gasteiger partial charge on any atom is -0.373 e. The molecule has 3 heterocycles. The summed E-state index contributed by atoms with van der Waals surface area (Å²) in [6, 6.07) is 3.87. The summed E-state index contributed by atoms with van der Waals surface area (Å²) in [5.74, 6) is -0.106. The van der Waals surface area contributed by atoms with Crippen LogP contribution in [0.4, 0.5) is 0 Å². The number of aryl methyl sites for hydroxylation is 1. The number of aromatic nitrogens is 3. The molecule has 0 unspecified atom stereocenters. The van der Waals surface area contributed by atoms with Crippen molar-refractivity contribution in [3.05, 3.63) is 42.0 Å². The third kappa shape index (κ3) is 3.00. The summed E-state index contributed by atoms with van der Waals surface area (Å²) in [6.07, 6.45) is 6.17. The van der Waals surface area contributed by atoms with Crippen LogP contribution in [0.2, 0.25) is 0 Å². The van der Waals surface area contributed by atoms with Crippen molar-refractivity contribution in [2.45, 2.75) is 32.5 Å². The molecular weight excluding hydrogens is 268 g/mol. The normalized spacial score (nSPS) is 21.6. The lowest BCUT2D eigenvalue weighted by Gasteiger charge is -2.16. The van der Waals surface area contributed by atoms with Crippen molar-refractivity contribution in [2.75, 3.05) is 6.61 Å². The second-order valence-corrected chi connectivity index (χ2v) is 5.23. The first-order valence-corrected chi connectivity index (χ1v) is 7.32. The van der Waals surface area contributed by atoms with Crippen LogP contribution < -0.4 is 5.32 Å². The minimum atomic E-state index is -0.186. The van der Waals surface area contributed by atoms with E-state index in [0.29, 0.717) is 13.2 Å². The minimum absolute atomic E-state index is 0.0383. The first-order valence-electron chi connectivity index (χ1n) is 7.32. The van der Waals surface area contributed by atoms with Crippen LogP contribution >= 0.6 is 0 Å². The smallest absolute Gasteiger partial charge is 0.226 e. The van der Waals surface area contributed by atoms with Crippen LogP contribution in [0.15, 0.2) is 30.7 Å². The monoisotopic (exact) mass is 288 g/mol. The highest BCUT2D eigenvalue weighted by Crippen LogP contribution is 2.34. The Bertz CT molecular complexity index is 591. The summed E-state index contributed by atoms with van der Waals surface area (Å²) >= 11 is 0. The van der Waals surface area contributed by atoms with E-state index in [1.54, 1.807) is 6.20 Å². The molecule has 3 rings (SSSR count). The highest BCUT2D eigenvalue weighted by atomic mass is 16.5. The van der Waals surface area contributed by atoms with Gasteiger partial charge in [-0.1, -0.05) is 0 Å². The largest absolute Gasteiger partial charge is 0.373 e. The lowest BCUT2D eigenvalue weighted by molar-refractivity contribution is -0.127. The van der Waals surface area contributed by atoms with Gasteiger partial charge in [0.25, 0.3) is 0 Å². The molecule has 1 amide bonds. The molecule has 1 aliphatic rings. The summed E-state index contributed by atoms with van der Waals surface area (Å²) in [5.41, 5.74) is 1.98. The Morgan fingerprint density at radius 3 is 3.24 bits per heavy atom. The lowest BCUT2D eigenvalue weighted by Crippen LogP contribution is -2.31. The van der Waals surface area contributed by atoms with Crippen molar-refractivity contribution in [3.8, 4) is 0 Å². The molecule has 0 aromatic carbocycles. The van der Waals surface area contributed by atoms with Crippen molar-refractivity contribution < 1.29 is 9.53 Å². The molecule has 6 nitrogen and oxygen atoms in total. The Morgan fingerprint density at radius 2 is 2.52 bits per heavy atom. The van der Waals surface area contributed by atoms with Crippen LogP contribution in [0.3, 0.4) is 0 Å². The maximum absolute atomic E-state index is 12.4. The number of rotatable bonds is 5. The Morgan fingerprint density at radius 1 is 1.62 bits per heavy atom. The molecule has 21 heavy (non-hydrogen) atoms. The van der Waals surface area contributed by atoms with Gasteiger partial charge in [0.05, 0.1) is 24.8 Å². The molecule has 0 saturated carbocycles. The van der Waals surface area contributed by atoms with Crippen LogP contribution in [0, 0.1) is 5.92 Å². The summed E-state index contributed by atoms with van der Waals surface area (Å²) in [7, 11) is 0. The van der Waals surface area contributed by atoms with E-state index >= 15 is 0 Å². The van der Waals surface area contributed by atoms with Crippen LogP contribution in [-0.2, 0) is 22.6 Å². The molecule has 0 radical (unpaired) electrons. The van der Waals surface area contributed by atoms with Gasteiger partial charge in [-0.15, -0.1) is 0 Å². The van der Waals surface area contributed by atoms with Crippen LogP contribution in [0.1, 0.15) is 30.7 Å². The molecule has 0 spiro atoms. The van der Waals surface area contributed by atoms with E-state index in [1.165, 1.54) is 0 Å². The van der Waals surface area contributed by atoms with E-state index < -0.39 is 0 Å². The van der Waals surface area contributed by atoms with Crippen LogP contribution in [0.5, 0.6) is 0 Å². The fourth-order valence-electron chi connectivity index (χ4n) is 2.68. The quantitative estimate of drug-likeness (QED) is 0.878. The maximum atomic E-state index is 12.4. The summed E-state index contributed by atoms with van der Waals surface area (Å²) in [5, 5.41) is 7.23. The Hall–Kier alpha value is -2.08. The van der Waals surface area contributed by atoms with Gasteiger partial charge in [-0.05, 0) is 25.5 Å². The van der Waals surface area contributed by atoms with E-state index in [1.807, 2.05) is 36.1 Å². The fourth-order valence-corrected chi connectivity index (χ4v) is 2.68. The number of H-pyrrole nitrogens is 1. The van der Waals surface area contributed by atoms with Gasteiger partial charge >= 0.3 is 0 Å². The second kappa shape index (κ2) is 6.13. The molecule has 1 aliphatic heterocycles. The summed E-state index contributed by atoms with van der Waals surface area (Å²) in [6.45, 7) is 3.98. The predicted octanol–water partition coefficient (Wildman–Crippen LogP) is 1.63. The number of amides is 1. The highest BCUT2D eigenvalue weighted by Gasteiger charge is 2.35. The van der Waals surface area contributed by atoms with E-state index in [0.717, 1.165) is 24.2 Å². The van der Waals surface area contributed by atoms with Crippen molar-refractivity contribution in [2.24, 2.45) is 5.92 Å². The fraction of sp³-hybridized carbons (Fsp3) is 0.467. The molecular formula is C15H20N4O2. The zero-order valence-electron chi connectivity index (χ0n) is 12.1. The molecule has 0 bridgehead atoms. The molecule has 2 N–H and O–H groups in total. The van der Waals surface area contributed by atoms with E-state index in [2.05, 4.69) is 15.4 Å². The Balaban J connectivity index is 1.64. The summed E-state index contributed by atoms with van der Waals surface area (Å²) < 4.78 is 7.60. The number of aromatic amines is 1. The third-order valence-electron chi connectivity index (χ3n) is 3.85. The van der Waals surface area contributed by atoms with Crippen molar-refractivity contribution >= 4 is 5.91 Å². The average molecular weight is 288 g/mol. The zero-order valence-corrected chi connectivity index (χ0v) is 12.1. The number of nitrogens with zero attached hydrogens (tertiary/aromatic N) is 2. The van der Waals surface area contributed by atoms with Gasteiger partial charge in [0.2, 0.25) is 5.91 Å². The first-order chi connectivity index (χ1) is 10.3. The molecule has 1 saturated heterocycles. The zero-order chi connectivity index (χ0) is 14.7. The van der Waals surface area contributed by atoms with Gasteiger partial charge in [0.15, 0.2) is 0 Å². The van der Waals surface area contributed by atoms with E-state index in [4.69, 9.17) is 4.74 Å². The number of hydrogen-bond donors (Lipinski definition) is 2. The van der Waals surface area contributed by atoms with Gasteiger partial charge in [-0.25, -0.2) is 0 Å². The van der Waals surface area contributed by atoms with Gasteiger partial charge in [-0.2, -0.15) is 5.10 Å². The molecule has 112 valence electrons. The second-order valence-electron chi connectivity index (χ2n) is 5.23. The Labute approximate surface area is 123 Å². The standard InChI is InChI=1S/C15H20N4O2/c1-2-19-10-11(8-18-19)14-13(5-7-21-14)15(20)17-9-12-4-3-6-16-12/h3-4,6,8,10,13-14,16H,2,5,7,9H2,1H3,(H,17,20)/t13-,14+/m0/s1. The lowest BCUT2D eigenvalue weighted by atomic mass is 9.96.